The fraction of sp³-hybridized carbons (Fsp3) is 0.250. The van der Waals surface area contributed by atoms with Gasteiger partial charge >= 0.3 is 0 Å². The Bertz CT molecular complexity index is 385. The predicted octanol–water partition coefficient (Wildman–Crippen LogP) is 2.11. The van der Waals surface area contributed by atoms with Crippen LogP contribution in [0.3, 0.4) is 0 Å². The van der Waals surface area contributed by atoms with E-state index in [2.05, 4.69) is 10.1 Å². The van der Waals surface area contributed by atoms with E-state index in [1.165, 1.54) is 11.3 Å². The smallest absolute Gasteiger partial charge is 0.274 e. The summed E-state index contributed by atoms with van der Waals surface area (Å²) in [4.78, 5) is 3.97. The predicted molar refractivity (Wildman–Crippen MR) is 54.7 cm³/mol. The maximum Gasteiger partial charge on any atom is 0.274 e. The summed E-state index contributed by atoms with van der Waals surface area (Å²) < 4.78 is 7.13. The minimum absolute atomic E-state index is 0.469. The molecule has 0 aromatic carbocycles. The van der Waals surface area contributed by atoms with Gasteiger partial charge in [-0.25, -0.2) is 0 Å². The quantitative estimate of drug-likeness (QED) is 0.809. The highest BCUT2D eigenvalue weighted by molar-refractivity contribution is 7.11. The maximum absolute atomic E-state index is 5.65. The molecule has 0 atom stereocenters. The Morgan fingerprint density at radius 3 is 3.07 bits per heavy atom. The Hall–Kier alpha value is -1.07. The van der Waals surface area contributed by atoms with Crippen LogP contribution in [0.2, 0.25) is 5.15 Å². The molecule has 4 nitrogen and oxygen atoms in total. The van der Waals surface area contributed by atoms with Gasteiger partial charge in [0.2, 0.25) is 0 Å². The molecule has 0 spiro atoms. The van der Waals surface area contributed by atoms with Crippen molar-refractivity contribution in [3.63, 3.8) is 0 Å². The van der Waals surface area contributed by atoms with Crippen LogP contribution in [0.1, 0.15) is 5.56 Å². The lowest BCUT2D eigenvalue weighted by Crippen LogP contribution is -1.93. The lowest BCUT2D eigenvalue weighted by atomic mass is 10.4. The third-order valence-electron chi connectivity index (χ3n) is 1.58. The van der Waals surface area contributed by atoms with Crippen molar-refractivity contribution >= 4 is 22.9 Å². The highest BCUT2D eigenvalue weighted by Gasteiger charge is 2.02. The molecular weight excluding hydrogens is 222 g/mol. The average Bonchev–Trinajstić information content (AvgIpc) is 2.72. The molecule has 0 N–H and O–H groups in total. The normalized spacial score (nSPS) is 10.4. The molecular formula is C8H8ClN3OS. The van der Waals surface area contributed by atoms with Gasteiger partial charge in [0.25, 0.3) is 5.19 Å². The van der Waals surface area contributed by atoms with Crippen molar-refractivity contribution in [2.75, 3.05) is 0 Å². The minimum Gasteiger partial charge on any atom is -0.465 e. The van der Waals surface area contributed by atoms with Crippen LogP contribution in [0, 0.1) is 0 Å². The first-order valence-electron chi connectivity index (χ1n) is 3.95. The molecule has 14 heavy (non-hydrogen) atoms. The van der Waals surface area contributed by atoms with E-state index in [1.807, 2.05) is 13.2 Å². The molecule has 0 amide bonds. The van der Waals surface area contributed by atoms with E-state index in [-0.39, 0.29) is 0 Å². The highest BCUT2D eigenvalue weighted by atomic mass is 35.5. The van der Waals surface area contributed by atoms with Crippen LogP contribution in [-0.4, -0.2) is 14.8 Å². The summed E-state index contributed by atoms with van der Waals surface area (Å²) >= 11 is 7.03. The summed E-state index contributed by atoms with van der Waals surface area (Å²) in [6.07, 6.45) is 3.66. The van der Waals surface area contributed by atoms with Crippen LogP contribution in [0.15, 0.2) is 17.8 Å². The van der Waals surface area contributed by atoms with Gasteiger partial charge in [0, 0.05) is 24.2 Å². The van der Waals surface area contributed by atoms with E-state index in [0.29, 0.717) is 17.0 Å². The van der Waals surface area contributed by atoms with Gasteiger partial charge in [-0.05, 0) is 0 Å². The van der Waals surface area contributed by atoms with E-state index in [1.54, 1.807) is 16.3 Å². The van der Waals surface area contributed by atoms with Gasteiger partial charge in [-0.1, -0.05) is 22.9 Å². The van der Waals surface area contributed by atoms with Crippen LogP contribution >= 0.6 is 22.9 Å². The second-order valence-corrected chi connectivity index (χ2v) is 3.95. The van der Waals surface area contributed by atoms with E-state index >= 15 is 0 Å². The van der Waals surface area contributed by atoms with Crippen molar-refractivity contribution in [1.82, 2.24) is 14.8 Å². The molecule has 0 aliphatic carbocycles. The van der Waals surface area contributed by atoms with Crippen LogP contribution in [-0.2, 0) is 13.7 Å². The highest BCUT2D eigenvalue weighted by Crippen LogP contribution is 2.21. The van der Waals surface area contributed by atoms with E-state index < -0.39 is 0 Å². The van der Waals surface area contributed by atoms with Gasteiger partial charge in [0.15, 0.2) is 0 Å². The van der Waals surface area contributed by atoms with Gasteiger partial charge in [-0.2, -0.15) is 10.1 Å². The first-order chi connectivity index (χ1) is 6.74. The zero-order valence-corrected chi connectivity index (χ0v) is 9.05. The zero-order valence-electron chi connectivity index (χ0n) is 7.48. The van der Waals surface area contributed by atoms with Crippen molar-refractivity contribution in [3.05, 3.63) is 28.5 Å². The second kappa shape index (κ2) is 3.98. The Morgan fingerprint density at radius 1 is 1.64 bits per heavy atom. The van der Waals surface area contributed by atoms with Gasteiger partial charge in [-0.3, -0.25) is 4.68 Å². The fourth-order valence-corrected chi connectivity index (χ4v) is 1.79. The lowest BCUT2D eigenvalue weighted by Gasteiger charge is -1.97. The molecule has 0 fully saturated rings. The Balaban J connectivity index is 1.94. The molecule has 6 heteroatoms. The number of halogens is 1. The average molecular weight is 230 g/mol. The number of hydrogen-bond donors (Lipinski definition) is 0. The number of aromatic nitrogens is 3. The molecule has 74 valence electrons. The van der Waals surface area contributed by atoms with Gasteiger partial charge in [-0.15, -0.1) is 0 Å². The van der Waals surface area contributed by atoms with Gasteiger partial charge in [0.1, 0.15) is 11.8 Å². The Kier molecular flexibility index (Phi) is 2.69. The van der Waals surface area contributed by atoms with Crippen LogP contribution in [0.5, 0.6) is 5.19 Å². The SMILES string of the molecule is Cn1cc(COc2nc(Cl)cs2)cn1. The van der Waals surface area contributed by atoms with Gasteiger partial charge in [0.05, 0.1) is 6.20 Å². The molecule has 0 aliphatic rings. The van der Waals surface area contributed by atoms with Crippen LogP contribution in [0.4, 0.5) is 0 Å². The van der Waals surface area contributed by atoms with Crippen molar-refractivity contribution in [2.45, 2.75) is 6.61 Å². The summed E-state index contributed by atoms with van der Waals surface area (Å²) in [7, 11) is 1.86. The molecule has 0 aliphatic heterocycles. The summed E-state index contributed by atoms with van der Waals surface area (Å²) in [5.74, 6) is 0. The first kappa shape index (κ1) is 9.48. The van der Waals surface area contributed by atoms with Crippen molar-refractivity contribution in [3.8, 4) is 5.19 Å². The van der Waals surface area contributed by atoms with Crippen LogP contribution in [0.25, 0.3) is 0 Å². The Labute approximate surface area is 90.1 Å². The number of nitrogens with zero attached hydrogens (tertiary/aromatic N) is 3. The summed E-state index contributed by atoms with van der Waals surface area (Å²) in [5.41, 5.74) is 1.01. The van der Waals surface area contributed by atoms with E-state index in [9.17, 15) is 0 Å². The largest absolute Gasteiger partial charge is 0.465 e. The van der Waals surface area contributed by atoms with Gasteiger partial charge < -0.3 is 4.74 Å². The Morgan fingerprint density at radius 2 is 2.50 bits per heavy atom. The molecule has 0 bridgehead atoms. The molecule has 2 aromatic rings. The van der Waals surface area contributed by atoms with E-state index in [4.69, 9.17) is 16.3 Å². The summed E-state index contributed by atoms with van der Waals surface area (Å²) in [6, 6.07) is 0. The molecule has 2 heterocycles. The number of aryl methyl sites for hydroxylation is 1. The first-order valence-corrected chi connectivity index (χ1v) is 5.21. The van der Waals surface area contributed by atoms with Crippen LogP contribution < -0.4 is 4.74 Å². The topological polar surface area (TPSA) is 39.9 Å². The summed E-state index contributed by atoms with van der Waals surface area (Å²) in [5, 5.41) is 6.81. The molecule has 0 saturated carbocycles. The third kappa shape index (κ3) is 2.24. The second-order valence-electron chi connectivity index (χ2n) is 2.75. The number of hydrogen-bond acceptors (Lipinski definition) is 4. The van der Waals surface area contributed by atoms with Crippen molar-refractivity contribution < 1.29 is 4.74 Å². The molecule has 2 rings (SSSR count). The standard InChI is InChI=1S/C8H8ClN3OS/c1-12-3-6(2-10-12)4-13-8-11-7(9)5-14-8/h2-3,5H,4H2,1H3. The molecule has 0 saturated heterocycles. The fourth-order valence-electron chi connectivity index (χ4n) is 0.997. The molecule has 0 unspecified atom stereocenters. The number of thiazole rings is 1. The molecule has 2 aromatic heterocycles. The summed E-state index contributed by atoms with van der Waals surface area (Å²) in [6.45, 7) is 0.470. The maximum atomic E-state index is 5.65. The number of rotatable bonds is 3. The number of ether oxygens (including phenoxy) is 1. The van der Waals surface area contributed by atoms with E-state index in [0.717, 1.165) is 5.56 Å². The minimum atomic E-state index is 0.469. The molecule has 0 radical (unpaired) electrons. The van der Waals surface area contributed by atoms with Crippen molar-refractivity contribution in [1.29, 1.82) is 0 Å². The zero-order chi connectivity index (χ0) is 9.97. The lowest BCUT2D eigenvalue weighted by molar-refractivity contribution is 0.304. The third-order valence-corrected chi connectivity index (χ3v) is 2.65. The monoisotopic (exact) mass is 229 g/mol. The van der Waals surface area contributed by atoms with Crippen molar-refractivity contribution in [2.24, 2.45) is 7.05 Å².